The van der Waals surface area contributed by atoms with Crippen molar-refractivity contribution < 1.29 is 23.8 Å². The summed E-state index contributed by atoms with van der Waals surface area (Å²) in [5.41, 5.74) is -0.828. The van der Waals surface area contributed by atoms with Gasteiger partial charge in [-0.2, -0.15) is 0 Å². The van der Waals surface area contributed by atoms with Gasteiger partial charge in [0.1, 0.15) is 18.4 Å². The minimum absolute atomic E-state index is 0.0998. The Morgan fingerprint density at radius 2 is 2.24 bits per heavy atom. The van der Waals surface area contributed by atoms with E-state index in [0.29, 0.717) is 5.56 Å². The van der Waals surface area contributed by atoms with Crippen LogP contribution in [0.4, 0.5) is 0 Å². The fraction of sp³-hybridized carbons (Fsp3) is 0.636. The average Bonchev–Trinajstić information content (AvgIpc) is 2.76. The van der Waals surface area contributed by atoms with Gasteiger partial charge in [0.25, 0.3) is 5.56 Å². The molecule has 5 atom stereocenters. The number of hydrogen-bond acceptors (Lipinski definition) is 6. The zero-order chi connectivity index (χ0) is 15.7. The molecule has 0 radical (unpaired) electrons. The van der Waals surface area contributed by atoms with E-state index in [-0.39, 0.29) is 6.42 Å². The summed E-state index contributed by atoms with van der Waals surface area (Å²) in [6, 6.07) is 0. The van der Waals surface area contributed by atoms with Crippen molar-refractivity contribution in [1.29, 1.82) is 0 Å². The second-order valence-electron chi connectivity index (χ2n) is 4.89. The molecule has 1 aromatic rings. The molecule has 1 saturated heterocycles. The number of rotatable bonds is 4. The highest BCUT2D eigenvalue weighted by molar-refractivity contribution is 7.32. The van der Waals surface area contributed by atoms with Gasteiger partial charge in [0.05, 0.1) is 6.10 Å². The summed E-state index contributed by atoms with van der Waals surface area (Å²) in [4.78, 5) is 34.1. The van der Waals surface area contributed by atoms with E-state index in [2.05, 4.69) is 4.98 Å². The van der Waals surface area contributed by atoms with Crippen LogP contribution in [0.25, 0.3) is 0 Å². The molecular weight excluding hydrogens is 303 g/mol. The van der Waals surface area contributed by atoms with E-state index in [1.54, 1.807) is 0 Å². The Morgan fingerprint density at radius 3 is 2.81 bits per heavy atom. The molecule has 2 rings (SSSR count). The van der Waals surface area contributed by atoms with Crippen LogP contribution in [0.3, 0.4) is 0 Å². The topological polar surface area (TPSA) is 131 Å². The van der Waals surface area contributed by atoms with Gasteiger partial charge < -0.3 is 9.84 Å². The third kappa shape index (κ3) is 3.45. The van der Waals surface area contributed by atoms with Crippen LogP contribution in [0.1, 0.15) is 25.1 Å². The summed E-state index contributed by atoms with van der Waals surface area (Å²) in [6.45, 7) is 2.99. The predicted octanol–water partition coefficient (Wildman–Crippen LogP) is -0.452. The van der Waals surface area contributed by atoms with Crippen molar-refractivity contribution in [3.05, 3.63) is 32.6 Å². The number of aryl methyl sites for hydroxylation is 1. The normalized spacial score (nSPS) is 27.6. The number of nitrogens with zero attached hydrogens (tertiary/aromatic N) is 1. The Labute approximate surface area is 120 Å². The third-order valence-electron chi connectivity index (χ3n) is 3.27. The summed E-state index contributed by atoms with van der Waals surface area (Å²) in [6.07, 6.45) is -1.99. The van der Waals surface area contributed by atoms with Crippen molar-refractivity contribution in [2.45, 2.75) is 44.8 Å². The SMILES string of the molecule is Cc1cn([C@H]2CC(O[P+](=O)O)[C@@H]([C@H](C)O)O2)c(=O)[nH]c1=O. The molecule has 21 heavy (non-hydrogen) atoms. The van der Waals surface area contributed by atoms with Gasteiger partial charge in [-0.3, -0.25) is 14.3 Å². The molecule has 1 aromatic heterocycles. The molecular formula is C11H16N2O7P+. The zero-order valence-corrected chi connectivity index (χ0v) is 12.3. The van der Waals surface area contributed by atoms with Gasteiger partial charge in [0, 0.05) is 22.7 Å². The maximum atomic E-state index is 11.8. The first-order valence-corrected chi connectivity index (χ1v) is 7.41. The Hall–Kier alpha value is -1.38. The molecule has 1 aliphatic heterocycles. The molecule has 3 N–H and O–H groups in total. The molecule has 0 aliphatic carbocycles. The minimum atomic E-state index is -2.86. The lowest BCUT2D eigenvalue weighted by Crippen LogP contribution is -2.34. The van der Waals surface area contributed by atoms with Crippen LogP contribution < -0.4 is 11.2 Å². The molecule has 0 aromatic carbocycles. The lowest BCUT2D eigenvalue weighted by molar-refractivity contribution is -0.0735. The number of aromatic amines is 1. The highest BCUT2D eigenvalue weighted by Gasteiger charge is 2.44. The second kappa shape index (κ2) is 6.17. The summed E-state index contributed by atoms with van der Waals surface area (Å²) in [7, 11) is -2.86. The number of aromatic nitrogens is 2. The maximum Gasteiger partial charge on any atom is 0.695 e. The maximum absolute atomic E-state index is 11.8. The highest BCUT2D eigenvalue weighted by Crippen LogP contribution is 2.36. The molecule has 116 valence electrons. The number of aliphatic hydroxyl groups is 1. The molecule has 1 aliphatic rings. The second-order valence-corrected chi connectivity index (χ2v) is 5.58. The number of hydrogen-bond donors (Lipinski definition) is 3. The molecule has 0 spiro atoms. The average molecular weight is 319 g/mol. The molecule has 0 saturated carbocycles. The number of aliphatic hydroxyl groups excluding tert-OH is 1. The van der Waals surface area contributed by atoms with Crippen LogP contribution in [0.2, 0.25) is 0 Å². The van der Waals surface area contributed by atoms with Gasteiger partial charge in [-0.15, -0.1) is 9.42 Å². The molecule has 2 unspecified atom stereocenters. The Kier molecular flexibility index (Phi) is 4.70. The highest BCUT2D eigenvalue weighted by atomic mass is 31.1. The molecule has 9 nitrogen and oxygen atoms in total. The molecule has 10 heteroatoms. The van der Waals surface area contributed by atoms with Crippen LogP contribution in [0.15, 0.2) is 15.8 Å². The van der Waals surface area contributed by atoms with E-state index in [4.69, 9.17) is 14.2 Å². The Morgan fingerprint density at radius 1 is 1.57 bits per heavy atom. The van der Waals surface area contributed by atoms with Gasteiger partial charge >= 0.3 is 13.9 Å². The summed E-state index contributed by atoms with van der Waals surface area (Å²) < 4.78 is 22.3. The van der Waals surface area contributed by atoms with Gasteiger partial charge in [-0.25, -0.2) is 4.79 Å². The quantitative estimate of drug-likeness (QED) is 0.640. The molecule has 2 heterocycles. The smallest absolute Gasteiger partial charge is 0.391 e. The van der Waals surface area contributed by atoms with Crippen LogP contribution >= 0.6 is 8.25 Å². The molecule has 0 bridgehead atoms. The van der Waals surface area contributed by atoms with Crippen LogP contribution in [0.5, 0.6) is 0 Å². The van der Waals surface area contributed by atoms with E-state index >= 15 is 0 Å². The van der Waals surface area contributed by atoms with Crippen molar-refractivity contribution in [3.63, 3.8) is 0 Å². The lowest BCUT2D eigenvalue weighted by Gasteiger charge is -2.18. The van der Waals surface area contributed by atoms with Crippen molar-refractivity contribution >= 4 is 8.25 Å². The van der Waals surface area contributed by atoms with Crippen LogP contribution in [-0.4, -0.2) is 37.9 Å². The van der Waals surface area contributed by atoms with Crippen molar-refractivity contribution in [2.75, 3.05) is 0 Å². The fourth-order valence-corrected chi connectivity index (χ4v) is 2.72. The molecule has 0 amide bonds. The third-order valence-corrected chi connectivity index (χ3v) is 3.72. The first kappa shape index (κ1) is 16.0. The monoisotopic (exact) mass is 319 g/mol. The largest absolute Gasteiger partial charge is 0.695 e. The van der Waals surface area contributed by atoms with Crippen molar-refractivity contribution in [3.8, 4) is 0 Å². The van der Waals surface area contributed by atoms with E-state index in [1.165, 1.54) is 24.6 Å². The summed E-state index contributed by atoms with van der Waals surface area (Å²) in [5.74, 6) is 0. The number of ether oxygens (including phenoxy) is 1. The van der Waals surface area contributed by atoms with Gasteiger partial charge in [-0.05, 0) is 13.8 Å². The van der Waals surface area contributed by atoms with Crippen LogP contribution in [-0.2, 0) is 13.8 Å². The van der Waals surface area contributed by atoms with E-state index in [0.717, 1.165) is 0 Å². The first-order chi connectivity index (χ1) is 9.79. The van der Waals surface area contributed by atoms with Gasteiger partial charge in [0.2, 0.25) is 0 Å². The fourth-order valence-electron chi connectivity index (χ4n) is 2.28. The van der Waals surface area contributed by atoms with Crippen LogP contribution in [0, 0.1) is 6.92 Å². The van der Waals surface area contributed by atoms with Gasteiger partial charge in [-0.1, -0.05) is 0 Å². The van der Waals surface area contributed by atoms with E-state index in [1.807, 2.05) is 0 Å². The zero-order valence-electron chi connectivity index (χ0n) is 11.4. The Balaban J connectivity index is 2.30. The van der Waals surface area contributed by atoms with Crippen molar-refractivity contribution in [2.24, 2.45) is 0 Å². The van der Waals surface area contributed by atoms with E-state index < -0.39 is 44.0 Å². The minimum Gasteiger partial charge on any atom is -0.391 e. The number of nitrogens with one attached hydrogen (secondary N) is 1. The lowest BCUT2D eigenvalue weighted by atomic mass is 10.1. The number of H-pyrrole nitrogens is 1. The van der Waals surface area contributed by atoms with Gasteiger partial charge in [0.15, 0.2) is 0 Å². The Bertz CT molecular complexity index is 653. The standard InChI is InChI=1S/C11H15N2O7P/c1-5-4-13(11(16)12-10(5)15)8-3-7(20-21(17)18)9(19-8)6(2)14/h4,6-9,14H,3H2,1-2H3,(H-,12,15,16,17,18)/p+1/t6-,7?,8+,9+/m0/s1. The summed E-state index contributed by atoms with van der Waals surface area (Å²) >= 11 is 0. The predicted molar refractivity (Wildman–Crippen MR) is 71.0 cm³/mol. The van der Waals surface area contributed by atoms with Crippen molar-refractivity contribution in [1.82, 2.24) is 9.55 Å². The summed E-state index contributed by atoms with van der Waals surface area (Å²) in [5, 5.41) is 9.64. The van der Waals surface area contributed by atoms with E-state index in [9.17, 15) is 19.3 Å². The molecule has 1 fully saturated rings. The first-order valence-electron chi connectivity index (χ1n) is 6.28.